The number of aryl methyl sites for hydroxylation is 1. The lowest BCUT2D eigenvalue weighted by Gasteiger charge is -2.38. The summed E-state index contributed by atoms with van der Waals surface area (Å²) in [4.78, 5) is 32.4. The van der Waals surface area contributed by atoms with Crippen molar-refractivity contribution in [1.29, 1.82) is 0 Å². The molecule has 2 saturated heterocycles. The van der Waals surface area contributed by atoms with Crippen LogP contribution in [0.2, 0.25) is 0 Å². The molecule has 1 aromatic heterocycles. The van der Waals surface area contributed by atoms with E-state index in [4.69, 9.17) is 0 Å². The van der Waals surface area contributed by atoms with Crippen LogP contribution >= 0.6 is 11.3 Å². The zero-order valence-corrected chi connectivity index (χ0v) is 17.8. The fraction of sp³-hybridized carbons (Fsp3) is 0.750. The lowest BCUT2D eigenvalue weighted by molar-refractivity contribution is -0.130. The Labute approximate surface area is 171 Å². The van der Waals surface area contributed by atoms with E-state index in [1.165, 1.54) is 0 Å². The van der Waals surface area contributed by atoms with E-state index in [-0.39, 0.29) is 17.9 Å². The normalized spacial score (nSPS) is 24.8. The second-order valence-corrected chi connectivity index (χ2v) is 9.31. The maximum Gasteiger partial charge on any atom is 0.228 e. The molecular formula is C20H32N4O3S. The molecule has 2 aliphatic heterocycles. The van der Waals surface area contributed by atoms with Crippen LogP contribution in [-0.4, -0.2) is 76.1 Å². The number of rotatable bonds is 5. The fourth-order valence-electron chi connectivity index (χ4n) is 4.28. The summed E-state index contributed by atoms with van der Waals surface area (Å²) in [6, 6.07) is 0.250. The van der Waals surface area contributed by atoms with E-state index in [1.54, 1.807) is 18.3 Å². The number of β-amino-alcohol motifs (C(OH)–C–C–N with tert-alkyl or cyclic N) is 1. The van der Waals surface area contributed by atoms with Crippen LogP contribution in [0.4, 0.5) is 0 Å². The maximum atomic E-state index is 12.6. The van der Waals surface area contributed by atoms with Gasteiger partial charge in [0.25, 0.3) is 0 Å². The highest BCUT2D eigenvalue weighted by Gasteiger charge is 2.34. The number of carbonyl (C=O) groups excluding carboxylic acids is 2. The number of carbonyl (C=O) groups is 2. The third-order valence-electron chi connectivity index (χ3n) is 5.78. The fourth-order valence-corrected chi connectivity index (χ4v) is 4.89. The molecule has 1 aromatic rings. The zero-order chi connectivity index (χ0) is 20.1. The third kappa shape index (κ3) is 5.99. The summed E-state index contributed by atoms with van der Waals surface area (Å²) in [5, 5.41) is 17.1. The number of nitrogens with one attached hydrogen (secondary N) is 1. The summed E-state index contributed by atoms with van der Waals surface area (Å²) < 4.78 is 0. The first-order valence-corrected chi connectivity index (χ1v) is 11.1. The average Bonchev–Trinajstić information content (AvgIpc) is 2.93. The molecule has 7 nitrogen and oxygen atoms in total. The zero-order valence-electron chi connectivity index (χ0n) is 16.9. The monoisotopic (exact) mass is 408 g/mol. The van der Waals surface area contributed by atoms with Crippen molar-refractivity contribution in [2.45, 2.75) is 64.0 Å². The van der Waals surface area contributed by atoms with Crippen molar-refractivity contribution < 1.29 is 14.7 Å². The molecule has 0 unspecified atom stereocenters. The second kappa shape index (κ2) is 9.33. The number of hydrogen-bond acceptors (Lipinski definition) is 6. The number of likely N-dealkylation sites (tertiary alicyclic amines) is 2. The van der Waals surface area contributed by atoms with E-state index in [1.807, 2.05) is 17.2 Å². The van der Waals surface area contributed by atoms with Gasteiger partial charge in [-0.1, -0.05) is 0 Å². The van der Waals surface area contributed by atoms with Crippen molar-refractivity contribution in [3.63, 3.8) is 0 Å². The Kier molecular flexibility index (Phi) is 7.06. The lowest BCUT2D eigenvalue weighted by atomic mass is 9.93. The molecule has 2 N–H and O–H groups in total. The van der Waals surface area contributed by atoms with Gasteiger partial charge in [-0.3, -0.25) is 9.59 Å². The molecule has 0 bridgehead atoms. The largest absolute Gasteiger partial charge is 0.388 e. The standard InChI is InChI=1S/C20H32N4O3S/c1-15(25)21-17-4-9-23(10-5-17)14-20(27)6-3-8-24(11-7-20)19(26)12-18-13-28-16(2)22-18/h13,17,27H,3-12,14H2,1-2H3,(H,21,25)/t20-/m0/s1. The van der Waals surface area contributed by atoms with Crippen LogP contribution in [0.1, 0.15) is 49.7 Å². The van der Waals surface area contributed by atoms with E-state index >= 15 is 0 Å². The first-order chi connectivity index (χ1) is 13.3. The van der Waals surface area contributed by atoms with Gasteiger partial charge in [-0.05, 0) is 39.0 Å². The van der Waals surface area contributed by atoms with Gasteiger partial charge in [0.05, 0.1) is 22.7 Å². The van der Waals surface area contributed by atoms with E-state index in [0.29, 0.717) is 32.5 Å². The molecule has 0 saturated carbocycles. The van der Waals surface area contributed by atoms with Gasteiger partial charge >= 0.3 is 0 Å². The minimum atomic E-state index is -0.743. The Morgan fingerprint density at radius 1 is 1.29 bits per heavy atom. The van der Waals surface area contributed by atoms with Gasteiger partial charge in [0.15, 0.2) is 0 Å². The summed E-state index contributed by atoms with van der Waals surface area (Å²) in [6.45, 7) is 7.23. The average molecular weight is 409 g/mol. The van der Waals surface area contributed by atoms with Crippen LogP contribution in [-0.2, 0) is 16.0 Å². The topological polar surface area (TPSA) is 85.8 Å². The Morgan fingerprint density at radius 2 is 2.04 bits per heavy atom. The van der Waals surface area contributed by atoms with Crippen molar-refractivity contribution >= 4 is 23.2 Å². The lowest BCUT2D eigenvalue weighted by Crippen LogP contribution is -2.50. The molecular weight excluding hydrogens is 376 g/mol. The highest BCUT2D eigenvalue weighted by Crippen LogP contribution is 2.25. The molecule has 8 heteroatoms. The molecule has 0 aromatic carbocycles. The van der Waals surface area contributed by atoms with Crippen LogP contribution < -0.4 is 5.32 Å². The van der Waals surface area contributed by atoms with Crippen LogP contribution in [0.5, 0.6) is 0 Å². The molecule has 1 atom stereocenters. The summed E-state index contributed by atoms with van der Waals surface area (Å²) in [6.07, 6.45) is 4.35. The summed E-state index contributed by atoms with van der Waals surface area (Å²) in [5.41, 5.74) is 0.0987. The van der Waals surface area contributed by atoms with Gasteiger partial charge in [0, 0.05) is 51.1 Å². The van der Waals surface area contributed by atoms with E-state index in [0.717, 1.165) is 49.5 Å². The van der Waals surface area contributed by atoms with E-state index in [9.17, 15) is 14.7 Å². The minimum Gasteiger partial charge on any atom is -0.388 e. The summed E-state index contributed by atoms with van der Waals surface area (Å²) in [7, 11) is 0. The number of thiazole rings is 1. The Morgan fingerprint density at radius 3 is 2.68 bits per heavy atom. The number of aromatic nitrogens is 1. The number of amides is 2. The first kappa shape index (κ1) is 21.2. The number of nitrogens with zero attached hydrogens (tertiary/aromatic N) is 3. The number of aliphatic hydroxyl groups is 1. The third-order valence-corrected chi connectivity index (χ3v) is 6.60. The van der Waals surface area contributed by atoms with Gasteiger partial charge in [-0.2, -0.15) is 0 Å². The molecule has 0 aliphatic carbocycles. The minimum absolute atomic E-state index is 0.0263. The van der Waals surface area contributed by atoms with Gasteiger partial charge < -0.3 is 20.2 Å². The van der Waals surface area contributed by atoms with Crippen molar-refractivity contribution in [1.82, 2.24) is 20.1 Å². The van der Waals surface area contributed by atoms with Crippen LogP contribution in [0.15, 0.2) is 5.38 Å². The molecule has 2 amide bonds. The van der Waals surface area contributed by atoms with Gasteiger partial charge in [0.1, 0.15) is 0 Å². The predicted molar refractivity (Wildman–Crippen MR) is 109 cm³/mol. The van der Waals surface area contributed by atoms with Crippen LogP contribution in [0.25, 0.3) is 0 Å². The summed E-state index contributed by atoms with van der Waals surface area (Å²) in [5.74, 6) is 0.129. The summed E-state index contributed by atoms with van der Waals surface area (Å²) >= 11 is 1.57. The molecule has 28 heavy (non-hydrogen) atoms. The van der Waals surface area contributed by atoms with Crippen LogP contribution in [0, 0.1) is 6.92 Å². The first-order valence-electron chi connectivity index (χ1n) is 10.2. The van der Waals surface area contributed by atoms with E-state index in [2.05, 4.69) is 15.2 Å². The smallest absolute Gasteiger partial charge is 0.228 e. The van der Waals surface area contributed by atoms with Gasteiger partial charge in [-0.15, -0.1) is 11.3 Å². The molecule has 156 valence electrons. The quantitative estimate of drug-likeness (QED) is 0.768. The molecule has 3 rings (SSSR count). The number of hydrogen-bond donors (Lipinski definition) is 2. The Hall–Kier alpha value is -1.51. The van der Waals surface area contributed by atoms with Crippen molar-refractivity contribution in [3.8, 4) is 0 Å². The van der Waals surface area contributed by atoms with Crippen molar-refractivity contribution in [3.05, 3.63) is 16.1 Å². The highest BCUT2D eigenvalue weighted by molar-refractivity contribution is 7.09. The van der Waals surface area contributed by atoms with Gasteiger partial charge in [0.2, 0.25) is 11.8 Å². The van der Waals surface area contributed by atoms with Crippen molar-refractivity contribution in [2.24, 2.45) is 0 Å². The molecule has 3 heterocycles. The number of piperidine rings is 1. The Bertz CT molecular complexity index is 687. The Balaban J connectivity index is 1.47. The SMILES string of the molecule is CC(=O)NC1CCN(C[C@]2(O)CCCN(C(=O)Cc3csc(C)n3)CC2)CC1. The molecule has 2 aliphatic rings. The maximum absolute atomic E-state index is 12.6. The predicted octanol–water partition coefficient (Wildman–Crippen LogP) is 1.34. The van der Waals surface area contributed by atoms with Crippen LogP contribution in [0.3, 0.4) is 0 Å². The van der Waals surface area contributed by atoms with E-state index < -0.39 is 5.60 Å². The molecule has 2 fully saturated rings. The van der Waals surface area contributed by atoms with Crippen molar-refractivity contribution in [2.75, 3.05) is 32.7 Å². The second-order valence-electron chi connectivity index (χ2n) is 8.24. The molecule has 0 radical (unpaired) electrons. The molecule has 0 spiro atoms. The highest BCUT2D eigenvalue weighted by atomic mass is 32.1. The van der Waals surface area contributed by atoms with Gasteiger partial charge in [-0.25, -0.2) is 4.98 Å².